The van der Waals surface area contributed by atoms with E-state index < -0.39 is 15.9 Å². The molecule has 0 radical (unpaired) electrons. The first-order valence-electron chi connectivity index (χ1n) is 5.79. The van der Waals surface area contributed by atoms with Crippen molar-refractivity contribution in [2.75, 3.05) is 12.4 Å². The predicted molar refractivity (Wildman–Crippen MR) is 78.0 cm³/mol. The highest BCUT2D eigenvalue weighted by Crippen LogP contribution is 2.26. The van der Waals surface area contributed by atoms with Crippen LogP contribution in [-0.4, -0.2) is 31.7 Å². The van der Waals surface area contributed by atoms with Crippen molar-refractivity contribution < 1.29 is 17.9 Å². The van der Waals surface area contributed by atoms with Crippen molar-refractivity contribution in [3.63, 3.8) is 0 Å². The first-order valence-corrected chi connectivity index (χ1v) is 9.07. The lowest BCUT2D eigenvalue weighted by molar-refractivity contribution is -0.115. The van der Waals surface area contributed by atoms with E-state index in [1.807, 2.05) is 4.72 Å². The number of allylic oxidation sites excluding steroid dienone is 1. The average Bonchev–Trinajstić information content (AvgIpc) is 2.70. The molecule has 1 N–H and O–H groups in total. The molecular weight excluding hydrogens is 320 g/mol. The second-order valence-corrected chi connectivity index (χ2v) is 8.30. The van der Waals surface area contributed by atoms with Crippen LogP contribution in [0.2, 0.25) is 0 Å². The number of hydrogen-bond acceptors (Lipinski definition) is 7. The Kier molecular flexibility index (Phi) is 4.40. The molecule has 0 aromatic carbocycles. The van der Waals surface area contributed by atoms with Crippen molar-refractivity contribution in [1.29, 1.82) is 0 Å². The van der Waals surface area contributed by atoms with Gasteiger partial charge in [-0.05, 0) is 20.8 Å². The number of hydrogen-bond donors (Lipinski definition) is 1. The molecular formula is C11H14N2O4S3. The van der Waals surface area contributed by atoms with Gasteiger partial charge in [-0.3, -0.25) is 4.79 Å². The summed E-state index contributed by atoms with van der Waals surface area (Å²) < 4.78 is 31.4. The maximum atomic E-state index is 12.1. The summed E-state index contributed by atoms with van der Waals surface area (Å²) in [7, 11) is -3.93. The number of thiazole rings is 1. The molecule has 1 amide bonds. The molecule has 110 valence electrons. The summed E-state index contributed by atoms with van der Waals surface area (Å²) in [5, 5.41) is 0. The maximum absolute atomic E-state index is 12.1. The quantitative estimate of drug-likeness (QED) is 0.903. The summed E-state index contributed by atoms with van der Waals surface area (Å²) in [5.41, 5.74) is 0.647. The highest BCUT2D eigenvalue weighted by atomic mass is 32.2. The zero-order valence-corrected chi connectivity index (χ0v) is 13.7. The Morgan fingerprint density at radius 3 is 2.60 bits per heavy atom. The molecule has 0 spiro atoms. The number of ether oxygens (including phenoxy) is 1. The molecule has 1 aliphatic heterocycles. The van der Waals surface area contributed by atoms with Gasteiger partial charge in [-0.2, -0.15) is 8.42 Å². The molecule has 0 aliphatic carbocycles. The van der Waals surface area contributed by atoms with Gasteiger partial charge in [0.25, 0.3) is 15.9 Å². The van der Waals surface area contributed by atoms with Gasteiger partial charge in [-0.25, -0.2) is 9.71 Å². The molecule has 2 heterocycles. The second-order valence-electron chi connectivity index (χ2n) is 4.14. The van der Waals surface area contributed by atoms with E-state index in [0.29, 0.717) is 28.7 Å². The summed E-state index contributed by atoms with van der Waals surface area (Å²) in [6.07, 6.45) is 0. The topological polar surface area (TPSA) is 85.4 Å². The highest BCUT2D eigenvalue weighted by Gasteiger charge is 2.26. The lowest BCUT2D eigenvalue weighted by atomic mass is 10.4. The molecule has 0 atom stereocenters. The number of thioether (sulfide) groups is 1. The lowest BCUT2D eigenvalue weighted by Gasteiger charge is -2.17. The van der Waals surface area contributed by atoms with E-state index in [-0.39, 0.29) is 4.34 Å². The highest BCUT2D eigenvalue weighted by molar-refractivity contribution is 8.04. The van der Waals surface area contributed by atoms with E-state index in [9.17, 15) is 13.2 Å². The Labute approximate surface area is 125 Å². The maximum Gasteiger partial charge on any atom is 0.291 e. The number of carbonyl (C=O) groups is 1. The molecule has 2 rings (SSSR count). The van der Waals surface area contributed by atoms with Crippen LogP contribution in [0.25, 0.3) is 0 Å². The number of aryl methyl sites for hydroxylation is 2. The molecule has 6 nitrogen and oxygen atoms in total. The summed E-state index contributed by atoms with van der Waals surface area (Å²) >= 11 is 2.33. The van der Waals surface area contributed by atoms with Gasteiger partial charge in [-0.1, -0.05) is 0 Å². The van der Waals surface area contributed by atoms with E-state index in [2.05, 4.69) is 4.98 Å². The minimum Gasteiger partial charge on any atom is -0.496 e. The number of nitrogens with one attached hydrogen (secondary N) is 1. The smallest absolute Gasteiger partial charge is 0.291 e. The van der Waals surface area contributed by atoms with Gasteiger partial charge in [0, 0.05) is 10.6 Å². The summed E-state index contributed by atoms with van der Waals surface area (Å²) in [4.78, 5) is 17.1. The Balaban J connectivity index is 2.22. The molecule has 0 bridgehead atoms. The van der Waals surface area contributed by atoms with Crippen LogP contribution in [0.4, 0.5) is 0 Å². The fourth-order valence-corrected chi connectivity index (χ4v) is 4.65. The van der Waals surface area contributed by atoms with E-state index in [1.165, 1.54) is 11.8 Å². The Bertz CT molecular complexity index is 656. The molecule has 0 fully saturated rings. The number of amides is 1. The third-order valence-electron chi connectivity index (χ3n) is 2.64. The lowest BCUT2D eigenvalue weighted by Crippen LogP contribution is -2.32. The van der Waals surface area contributed by atoms with Gasteiger partial charge in [0.15, 0.2) is 0 Å². The molecule has 0 unspecified atom stereocenters. The van der Waals surface area contributed by atoms with Gasteiger partial charge >= 0.3 is 0 Å². The van der Waals surface area contributed by atoms with E-state index in [1.54, 1.807) is 20.8 Å². The van der Waals surface area contributed by atoms with Crippen molar-refractivity contribution in [3.8, 4) is 0 Å². The van der Waals surface area contributed by atoms with Gasteiger partial charge in [0.05, 0.1) is 12.3 Å². The predicted octanol–water partition coefficient (Wildman–Crippen LogP) is 1.56. The van der Waals surface area contributed by atoms with Crippen molar-refractivity contribution in [3.05, 3.63) is 21.2 Å². The van der Waals surface area contributed by atoms with Gasteiger partial charge < -0.3 is 4.74 Å². The molecule has 1 aromatic heterocycles. The van der Waals surface area contributed by atoms with Crippen molar-refractivity contribution in [2.24, 2.45) is 0 Å². The van der Waals surface area contributed by atoms with Crippen LogP contribution in [0.1, 0.15) is 17.5 Å². The fraction of sp³-hybridized carbons (Fsp3) is 0.455. The Morgan fingerprint density at radius 1 is 1.35 bits per heavy atom. The summed E-state index contributed by atoms with van der Waals surface area (Å²) in [5.74, 6) is 0.397. The molecule has 1 aliphatic rings. The summed E-state index contributed by atoms with van der Waals surface area (Å²) in [6, 6.07) is 0. The summed E-state index contributed by atoms with van der Waals surface area (Å²) in [6.45, 7) is 5.67. The third kappa shape index (κ3) is 3.15. The minimum absolute atomic E-state index is 0.0965. The van der Waals surface area contributed by atoms with Crippen LogP contribution in [0.5, 0.6) is 0 Å². The average molecular weight is 334 g/mol. The molecule has 1 aromatic rings. The molecule has 0 saturated carbocycles. The van der Waals surface area contributed by atoms with Crippen LogP contribution in [-0.2, 0) is 19.6 Å². The van der Waals surface area contributed by atoms with Gasteiger partial charge in [-0.15, -0.1) is 23.1 Å². The Morgan fingerprint density at radius 2 is 2.05 bits per heavy atom. The first-order chi connectivity index (χ1) is 9.31. The zero-order chi connectivity index (χ0) is 14.9. The number of carbonyl (C=O) groups excluding carboxylic acids is 1. The van der Waals surface area contributed by atoms with Crippen LogP contribution < -0.4 is 4.72 Å². The molecule has 9 heteroatoms. The monoisotopic (exact) mass is 334 g/mol. The number of rotatable bonds is 3. The standard InChI is InChI=1S/C11H14N2O4S3/c1-6-8(3)19-11(12-6)20(15,16)13-10(14)9-7(2)17-4-5-18-9/h4-5H2,1-3H3,(H,13,14). The Hall–Kier alpha value is -1.06. The van der Waals surface area contributed by atoms with E-state index >= 15 is 0 Å². The van der Waals surface area contributed by atoms with Crippen LogP contribution in [0, 0.1) is 13.8 Å². The van der Waals surface area contributed by atoms with Crippen molar-refractivity contribution >= 4 is 39.0 Å². The number of nitrogens with zero attached hydrogens (tertiary/aromatic N) is 1. The van der Waals surface area contributed by atoms with E-state index in [0.717, 1.165) is 16.2 Å². The molecule has 20 heavy (non-hydrogen) atoms. The second kappa shape index (κ2) is 5.74. The number of aromatic nitrogens is 1. The minimum atomic E-state index is -3.93. The first kappa shape index (κ1) is 15.3. The largest absolute Gasteiger partial charge is 0.496 e. The normalized spacial score (nSPS) is 15.9. The van der Waals surface area contributed by atoms with Crippen molar-refractivity contribution in [2.45, 2.75) is 25.1 Å². The molecule has 0 saturated heterocycles. The van der Waals surface area contributed by atoms with Crippen LogP contribution in [0.15, 0.2) is 15.0 Å². The third-order valence-corrected chi connectivity index (χ3v) is 6.55. The zero-order valence-electron chi connectivity index (χ0n) is 11.2. The van der Waals surface area contributed by atoms with Gasteiger partial charge in [0.2, 0.25) is 4.34 Å². The van der Waals surface area contributed by atoms with Crippen LogP contribution >= 0.6 is 23.1 Å². The van der Waals surface area contributed by atoms with Gasteiger partial charge in [0.1, 0.15) is 10.7 Å². The van der Waals surface area contributed by atoms with E-state index in [4.69, 9.17) is 4.74 Å². The van der Waals surface area contributed by atoms with Crippen LogP contribution in [0.3, 0.4) is 0 Å². The number of sulfonamides is 1. The van der Waals surface area contributed by atoms with Crippen molar-refractivity contribution in [1.82, 2.24) is 9.71 Å². The fourth-order valence-electron chi connectivity index (χ4n) is 1.50. The SMILES string of the molecule is CC1=C(C(=O)NS(=O)(=O)c2nc(C)c(C)s2)SCCO1.